The van der Waals surface area contributed by atoms with Crippen LogP contribution in [-0.2, 0) is 4.79 Å². The number of benzene rings is 1. The van der Waals surface area contributed by atoms with Crippen LogP contribution >= 0.6 is 11.6 Å². The summed E-state index contributed by atoms with van der Waals surface area (Å²) in [7, 11) is 0. The smallest absolute Gasteiger partial charge is 0.319 e. The van der Waals surface area contributed by atoms with E-state index in [9.17, 15) is 9.59 Å². The number of hydrogen-bond acceptors (Lipinski definition) is 3. The number of carbonyl (C=O) groups excluding carboxylic acids is 2. The van der Waals surface area contributed by atoms with Crippen molar-refractivity contribution in [3.05, 3.63) is 23.2 Å². The van der Waals surface area contributed by atoms with Gasteiger partial charge in [0.15, 0.2) is 0 Å². The Balaban J connectivity index is 2.57. The van der Waals surface area contributed by atoms with Crippen molar-refractivity contribution in [1.29, 1.82) is 0 Å². The summed E-state index contributed by atoms with van der Waals surface area (Å²) < 4.78 is 5.46. The summed E-state index contributed by atoms with van der Waals surface area (Å²) in [5.41, 5.74) is 0.523. The van der Waals surface area contributed by atoms with E-state index in [1.807, 2.05) is 13.8 Å². The quantitative estimate of drug-likeness (QED) is 0.720. The Bertz CT molecular complexity index is 523. The lowest BCUT2D eigenvalue weighted by atomic mass is 10.3. The number of amides is 3. The molecule has 0 heterocycles. The van der Waals surface area contributed by atoms with Gasteiger partial charge in [0, 0.05) is 12.2 Å². The predicted octanol–water partition coefficient (Wildman–Crippen LogP) is 2.77. The second kappa shape index (κ2) is 9.15. The largest absolute Gasteiger partial charge is 0.492 e. The average molecular weight is 328 g/mol. The summed E-state index contributed by atoms with van der Waals surface area (Å²) in [6.45, 7) is 6.52. The molecule has 7 heteroatoms. The molecule has 0 bridgehead atoms. The van der Waals surface area contributed by atoms with Gasteiger partial charge < -0.3 is 20.7 Å². The van der Waals surface area contributed by atoms with E-state index in [2.05, 4.69) is 16.0 Å². The molecule has 0 aliphatic rings. The second-order valence-corrected chi connectivity index (χ2v) is 5.12. The Morgan fingerprint density at radius 3 is 2.64 bits per heavy atom. The molecular weight excluding hydrogens is 306 g/mol. The number of rotatable bonds is 7. The summed E-state index contributed by atoms with van der Waals surface area (Å²) in [4.78, 5) is 23.4. The minimum atomic E-state index is -0.623. The number of halogens is 1. The third kappa shape index (κ3) is 5.81. The molecule has 0 fully saturated rings. The molecule has 0 aliphatic heterocycles. The van der Waals surface area contributed by atoms with Gasteiger partial charge in [0.05, 0.1) is 11.6 Å². The molecule has 0 aliphatic carbocycles. The molecule has 0 spiro atoms. The van der Waals surface area contributed by atoms with Crippen LogP contribution in [-0.4, -0.2) is 31.1 Å². The minimum absolute atomic E-state index is 0.237. The van der Waals surface area contributed by atoms with Gasteiger partial charge in [0.2, 0.25) is 5.91 Å². The van der Waals surface area contributed by atoms with Crippen molar-refractivity contribution in [2.75, 3.05) is 18.5 Å². The first kappa shape index (κ1) is 18.1. The molecule has 1 aromatic carbocycles. The molecule has 0 radical (unpaired) electrons. The van der Waals surface area contributed by atoms with Gasteiger partial charge in [-0.15, -0.1) is 0 Å². The normalized spacial score (nSPS) is 11.5. The topological polar surface area (TPSA) is 79.5 Å². The van der Waals surface area contributed by atoms with Crippen molar-refractivity contribution in [1.82, 2.24) is 10.6 Å². The highest BCUT2D eigenvalue weighted by Gasteiger charge is 2.14. The fourth-order valence-electron chi connectivity index (χ4n) is 1.66. The lowest BCUT2D eigenvalue weighted by molar-refractivity contribution is -0.122. The van der Waals surface area contributed by atoms with Gasteiger partial charge in [-0.2, -0.15) is 0 Å². The van der Waals surface area contributed by atoms with Crippen molar-refractivity contribution < 1.29 is 14.3 Å². The second-order valence-electron chi connectivity index (χ2n) is 4.71. The first-order valence-electron chi connectivity index (χ1n) is 7.25. The SMILES string of the molecule is CCCOc1ccc(NC(=O)N[C@@H](C)C(=O)NCC)cc1Cl. The van der Waals surface area contributed by atoms with Gasteiger partial charge in [0.1, 0.15) is 11.8 Å². The third-order valence-corrected chi connectivity index (χ3v) is 3.04. The van der Waals surface area contributed by atoms with E-state index in [1.54, 1.807) is 25.1 Å². The van der Waals surface area contributed by atoms with Crippen LogP contribution in [0.4, 0.5) is 10.5 Å². The molecule has 22 heavy (non-hydrogen) atoms. The van der Waals surface area contributed by atoms with Gasteiger partial charge in [-0.05, 0) is 38.5 Å². The maximum atomic E-state index is 11.8. The highest BCUT2D eigenvalue weighted by Crippen LogP contribution is 2.27. The van der Waals surface area contributed by atoms with Gasteiger partial charge in [-0.3, -0.25) is 4.79 Å². The molecule has 122 valence electrons. The predicted molar refractivity (Wildman–Crippen MR) is 87.5 cm³/mol. The number of carbonyl (C=O) groups is 2. The van der Waals surface area contributed by atoms with Crippen molar-refractivity contribution in [2.45, 2.75) is 33.2 Å². The van der Waals surface area contributed by atoms with E-state index >= 15 is 0 Å². The summed E-state index contributed by atoms with van der Waals surface area (Å²) in [6.07, 6.45) is 0.885. The van der Waals surface area contributed by atoms with E-state index in [4.69, 9.17) is 16.3 Å². The summed E-state index contributed by atoms with van der Waals surface area (Å²) in [6, 6.07) is 3.89. The molecule has 3 N–H and O–H groups in total. The number of urea groups is 1. The number of hydrogen-bond donors (Lipinski definition) is 3. The zero-order chi connectivity index (χ0) is 16.5. The number of likely N-dealkylation sites (N-methyl/N-ethyl adjacent to an activating group) is 1. The van der Waals surface area contributed by atoms with Crippen LogP contribution in [0.1, 0.15) is 27.2 Å². The van der Waals surface area contributed by atoms with E-state index < -0.39 is 12.1 Å². The molecule has 0 saturated heterocycles. The maximum Gasteiger partial charge on any atom is 0.319 e. The monoisotopic (exact) mass is 327 g/mol. The lowest BCUT2D eigenvalue weighted by Gasteiger charge is -2.14. The van der Waals surface area contributed by atoms with Crippen molar-refractivity contribution in [2.24, 2.45) is 0 Å². The van der Waals surface area contributed by atoms with Crippen molar-refractivity contribution in [3.8, 4) is 5.75 Å². The van der Waals surface area contributed by atoms with E-state index in [1.165, 1.54) is 0 Å². The molecule has 0 unspecified atom stereocenters. The molecule has 1 aromatic rings. The third-order valence-electron chi connectivity index (χ3n) is 2.74. The van der Waals surface area contributed by atoms with Crippen molar-refractivity contribution >= 4 is 29.2 Å². The first-order chi connectivity index (χ1) is 10.5. The Morgan fingerprint density at radius 2 is 2.05 bits per heavy atom. The van der Waals surface area contributed by atoms with Crippen LogP contribution in [0.15, 0.2) is 18.2 Å². The highest BCUT2D eigenvalue weighted by atomic mass is 35.5. The van der Waals surface area contributed by atoms with E-state index in [0.29, 0.717) is 29.6 Å². The van der Waals surface area contributed by atoms with Gasteiger partial charge in [0.25, 0.3) is 0 Å². The molecule has 0 saturated carbocycles. The standard InChI is InChI=1S/C15H22ClN3O3/c1-4-8-22-13-7-6-11(9-12(13)16)19-15(21)18-10(3)14(20)17-5-2/h6-7,9-10H,4-5,8H2,1-3H3,(H,17,20)(H2,18,19,21)/t10-/m0/s1. The zero-order valence-electron chi connectivity index (χ0n) is 13.0. The highest BCUT2D eigenvalue weighted by molar-refractivity contribution is 6.32. The van der Waals surface area contributed by atoms with Gasteiger partial charge in [-0.1, -0.05) is 18.5 Å². The lowest BCUT2D eigenvalue weighted by Crippen LogP contribution is -2.46. The number of ether oxygens (including phenoxy) is 1. The molecule has 1 atom stereocenters. The van der Waals surface area contributed by atoms with Gasteiger partial charge >= 0.3 is 6.03 Å². The summed E-state index contributed by atoms with van der Waals surface area (Å²) in [5, 5.41) is 8.22. The number of nitrogens with one attached hydrogen (secondary N) is 3. The van der Waals surface area contributed by atoms with Crippen LogP contribution in [0.2, 0.25) is 5.02 Å². The Hall–Kier alpha value is -1.95. The van der Waals surface area contributed by atoms with Crippen LogP contribution in [0.5, 0.6) is 5.75 Å². The van der Waals surface area contributed by atoms with Gasteiger partial charge in [-0.25, -0.2) is 4.79 Å². The molecule has 1 rings (SSSR count). The zero-order valence-corrected chi connectivity index (χ0v) is 13.8. The van der Waals surface area contributed by atoms with Crippen LogP contribution in [0.25, 0.3) is 0 Å². The molecule has 0 aromatic heterocycles. The molecular formula is C15H22ClN3O3. The fourth-order valence-corrected chi connectivity index (χ4v) is 1.90. The van der Waals surface area contributed by atoms with Crippen LogP contribution < -0.4 is 20.7 Å². The Labute approximate surface area is 135 Å². The Kier molecular flexibility index (Phi) is 7.52. The van der Waals surface area contributed by atoms with Crippen LogP contribution in [0.3, 0.4) is 0 Å². The summed E-state index contributed by atoms with van der Waals surface area (Å²) in [5.74, 6) is 0.337. The maximum absolute atomic E-state index is 11.8. The summed E-state index contributed by atoms with van der Waals surface area (Å²) >= 11 is 6.09. The minimum Gasteiger partial charge on any atom is -0.492 e. The molecule has 6 nitrogen and oxygen atoms in total. The number of anilines is 1. The fraction of sp³-hybridized carbons (Fsp3) is 0.467. The van der Waals surface area contributed by atoms with Crippen LogP contribution in [0, 0.1) is 0 Å². The first-order valence-corrected chi connectivity index (χ1v) is 7.63. The average Bonchev–Trinajstić information content (AvgIpc) is 2.46. The Morgan fingerprint density at radius 1 is 1.32 bits per heavy atom. The molecule has 3 amide bonds. The van der Waals surface area contributed by atoms with Crippen molar-refractivity contribution in [3.63, 3.8) is 0 Å². The van der Waals surface area contributed by atoms with E-state index in [0.717, 1.165) is 6.42 Å². The van der Waals surface area contributed by atoms with E-state index in [-0.39, 0.29) is 5.91 Å².